The van der Waals surface area contributed by atoms with Crippen LogP contribution in [0.15, 0.2) is 83.9 Å². The van der Waals surface area contributed by atoms with Gasteiger partial charge >= 0.3 is 0 Å². The van der Waals surface area contributed by atoms with Gasteiger partial charge in [-0.25, -0.2) is 0 Å². The summed E-state index contributed by atoms with van der Waals surface area (Å²) in [6, 6.07) is 27.8. The van der Waals surface area contributed by atoms with Gasteiger partial charge in [0, 0.05) is 33.2 Å². The maximum Gasteiger partial charge on any atom is 0.0630 e. The number of aromatic nitrogens is 1. The number of H-pyrrole nitrogens is 1. The zero-order chi connectivity index (χ0) is 21.4. The molecule has 0 fully saturated rings. The summed E-state index contributed by atoms with van der Waals surface area (Å²) < 4.78 is 0. The Hall–Kier alpha value is -3.85. The molecule has 31 heavy (non-hydrogen) atoms. The first-order chi connectivity index (χ1) is 15.2. The molecule has 2 N–H and O–H groups in total. The van der Waals surface area contributed by atoms with Crippen molar-refractivity contribution in [2.75, 3.05) is 5.32 Å². The van der Waals surface area contributed by atoms with Crippen molar-refractivity contribution in [3.05, 3.63) is 90.0 Å². The molecular weight excluding hydrogens is 378 g/mol. The number of nitrogens with zero attached hydrogens (tertiary/aromatic N) is 1. The highest BCUT2D eigenvalue weighted by Gasteiger charge is 2.10. The lowest BCUT2D eigenvalue weighted by molar-refractivity contribution is 1.14. The Morgan fingerprint density at radius 1 is 0.806 bits per heavy atom. The molecule has 0 saturated carbocycles. The fourth-order valence-corrected chi connectivity index (χ4v) is 4.32. The van der Waals surface area contributed by atoms with E-state index in [0.29, 0.717) is 0 Å². The molecule has 0 unspecified atom stereocenters. The van der Waals surface area contributed by atoms with E-state index in [1.165, 1.54) is 27.6 Å². The molecule has 1 aromatic heterocycles. The first kappa shape index (κ1) is 19.1. The SMILES string of the molecule is C=Nc1ccc2[nH]c3ccc(Nc4ccc(CC)c(-c5ccccc5C)c4)cc3c2c1. The van der Waals surface area contributed by atoms with Gasteiger partial charge in [-0.3, -0.25) is 4.99 Å². The molecule has 0 radical (unpaired) electrons. The smallest absolute Gasteiger partial charge is 0.0630 e. The van der Waals surface area contributed by atoms with Gasteiger partial charge in [-0.15, -0.1) is 0 Å². The van der Waals surface area contributed by atoms with E-state index in [4.69, 9.17) is 0 Å². The molecule has 3 heteroatoms. The normalized spacial score (nSPS) is 11.2. The van der Waals surface area contributed by atoms with Gasteiger partial charge in [0.05, 0.1) is 5.69 Å². The monoisotopic (exact) mass is 403 g/mol. The highest BCUT2D eigenvalue weighted by atomic mass is 14.9. The number of hydrogen-bond donors (Lipinski definition) is 2. The maximum atomic E-state index is 4.08. The van der Waals surface area contributed by atoms with Gasteiger partial charge in [0.1, 0.15) is 0 Å². The largest absolute Gasteiger partial charge is 0.355 e. The lowest BCUT2D eigenvalue weighted by Gasteiger charge is -2.14. The number of aromatic amines is 1. The van der Waals surface area contributed by atoms with Crippen molar-refractivity contribution in [3.8, 4) is 11.1 Å². The van der Waals surface area contributed by atoms with E-state index in [-0.39, 0.29) is 0 Å². The molecule has 152 valence electrons. The van der Waals surface area contributed by atoms with Gasteiger partial charge in [0.2, 0.25) is 0 Å². The summed E-state index contributed by atoms with van der Waals surface area (Å²) >= 11 is 0. The van der Waals surface area contributed by atoms with Crippen molar-refractivity contribution in [1.29, 1.82) is 0 Å². The van der Waals surface area contributed by atoms with Gasteiger partial charge in [0.15, 0.2) is 0 Å². The highest BCUT2D eigenvalue weighted by Crippen LogP contribution is 2.34. The van der Waals surface area contributed by atoms with Crippen molar-refractivity contribution in [1.82, 2.24) is 4.98 Å². The van der Waals surface area contributed by atoms with Crippen LogP contribution in [0.1, 0.15) is 18.1 Å². The molecule has 4 aromatic carbocycles. The van der Waals surface area contributed by atoms with Crippen LogP contribution in [0.4, 0.5) is 17.1 Å². The molecule has 0 saturated heterocycles. The van der Waals surface area contributed by atoms with E-state index < -0.39 is 0 Å². The molecule has 0 amide bonds. The van der Waals surface area contributed by atoms with E-state index in [1.807, 2.05) is 6.07 Å². The number of rotatable bonds is 5. The summed E-state index contributed by atoms with van der Waals surface area (Å²) in [7, 11) is 0. The zero-order valence-electron chi connectivity index (χ0n) is 17.9. The second-order valence-corrected chi connectivity index (χ2v) is 7.94. The molecule has 0 aliphatic heterocycles. The molecule has 5 aromatic rings. The van der Waals surface area contributed by atoms with Crippen LogP contribution in [0.25, 0.3) is 32.9 Å². The number of anilines is 2. The highest BCUT2D eigenvalue weighted by molar-refractivity contribution is 6.09. The molecule has 5 rings (SSSR count). The summed E-state index contributed by atoms with van der Waals surface area (Å²) in [5, 5.41) is 5.94. The Bertz CT molecular complexity index is 1430. The van der Waals surface area contributed by atoms with Crippen LogP contribution in [0.5, 0.6) is 0 Å². The van der Waals surface area contributed by atoms with E-state index >= 15 is 0 Å². The Kier molecular flexibility index (Phi) is 4.79. The van der Waals surface area contributed by atoms with Crippen LogP contribution in [-0.4, -0.2) is 11.7 Å². The number of fused-ring (bicyclic) bond motifs is 3. The molecule has 1 heterocycles. The maximum absolute atomic E-state index is 4.08. The number of hydrogen-bond acceptors (Lipinski definition) is 2. The second-order valence-electron chi connectivity index (χ2n) is 7.94. The summed E-state index contributed by atoms with van der Waals surface area (Å²) in [5.41, 5.74) is 10.5. The van der Waals surface area contributed by atoms with Gasteiger partial charge in [-0.2, -0.15) is 0 Å². The van der Waals surface area contributed by atoms with Crippen LogP contribution in [0, 0.1) is 6.92 Å². The summed E-state index contributed by atoms with van der Waals surface area (Å²) in [6.45, 7) is 8.04. The van der Waals surface area contributed by atoms with Crippen LogP contribution in [0.2, 0.25) is 0 Å². The first-order valence-electron chi connectivity index (χ1n) is 10.6. The van der Waals surface area contributed by atoms with Gasteiger partial charge < -0.3 is 10.3 Å². The molecule has 0 spiro atoms. The van der Waals surface area contributed by atoms with Crippen molar-refractivity contribution in [2.24, 2.45) is 4.99 Å². The topological polar surface area (TPSA) is 40.2 Å². The fraction of sp³-hybridized carbons (Fsp3) is 0.107. The lowest BCUT2D eigenvalue weighted by Crippen LogP contribution is -1.95. The molecular formula is C28H25N3. The van der Waals surface area contributed by atoms with Crippen molar-refractivity contribution in [2.45, 2.75) is 20.3 Å². The Labute approximate surface area is 182 Å². The third-order valence-electron chi connectivity index (χ3n) is 5.98. The third kappa shape index (κ3) is 3.49. The Morgan fingerprint density at radius 3 is 2.29 bits per heavy atom. The van der Waals surface area contributed by atoms with Crippen molar-refractivity contribution < 1.29 is 0 Å². The predicted octanol–water partition coefficient (Wildman–Crippen LogP) is 7.93. The average molecular weight is 404 g/mol. The van der Waals surface area contributed by atoms with Gasteiger partial charge in [-0.1, -0.05) is 37.3 Å². The van der Waals surface area contributed by atoms with E-state index in [2.05, 4.69) is 109 Å². The zero-order valence-corrected chi connectivity index (χ0v) is 17.9. The lowest BCUT2D eigenvalue weighted by atomic mass is 9.94. The number of aliphatic imine (C=N–C) groups is 1. The first-order valence-corrected chi connectivity index (χ1v) is 10.6. The quantitative estimate of drug-likeness (QED) is 0.287. The molecule has 3 nitrogen and oxygen atoms in total. The molecule has 0 bridgehead atoms. The van der Waals surface area contributed by atoms with Crippen LogP contribution < -0.4 is 5.32 Å². The summed E-state index contributed by atoms with van der Waals surface area (Å²) in [6.07, 6.45) is 1.00. The number of aryl methyl sites for hydroxylation is 2. The molecule has 0 aliphatic rings. The Balaban J connectivity index is 1.56. The van der Waals surface area contributed by atoms with E-state index in [9.17, 15) is 0 Å². The van der Waals surface area contributed by atoms with Gasteiger partial charge in [-0.05, 0) is 90.8 Å². The molecule has 0 aliphatic carbocycles. The standard InChI is InChI=1S/C28H25N3/c1-4-19-9-10-21(16-24(19)23-8-6-5-7-18(23)2)30-22-12-14-28-26(17-22)25-15-20(29-3)11-13-27(25)31-28/h5-17,30-31H,3-4H2,1-2H3. The third-order valence-corrected chi connectivity index (χ3v) is 5.98. The predicted molar refractivity (Wildman–Crippen MR) is 134 cm³/mol. The molecule has 0 atom stereocenters. The minimum atomic E-state index is 0.879. The van der Waals surface area contributed by atoms with Crippen molar-refractivity contribution >= 4 is 45.6 Å². The number of nitrogens with one attached hydrogen (secondary N) is 2. The minimum absolute atomic E-state index is 0.879. The Morgan fingerprint density at radius 2 is 1.52 bits per heavy atom. The summed E-state index contributed by atoms with van der Waals surface area (Å²) in [4.78, 5) is 7.56. The van der Waals surface area contributed by atoms with E-state index in [0.717, 1.165) is 39.9 Å². The fourth-order valence-electron chi connectivity index (χ4n) is 4.32. The second kappa shape index (κ2) is 7.77. The summed E-state index contributed by atoms with van der Waals surface area (Å²) in [5.74, 6) is 0. The van der Waals surface area contributed by atoms with Crippen LogP contribution in [-0.2, 0) is 6.42 Å². The van der Waals surface area contributed by atoms with Gasteiger partial charge in [0.25, 0.3) is 0 Å². The number of benzene rings is 4. The minimum Gasteiger partial charge on any atom is -0.355 e. The van der Waals surface area contributed by atoms with Crippen molar-refractivity contribution in [3.63, 3.8) is 0 Å². The van der Waals surface area contributed by atoms with Crippen LogP contribution >= 0.6 is 0 Å². The van der Waals surface area contributed by atoms with E-state index in [1.54, 1.807) is 0 Å². The van der Waals surface area contributed by atoms with Crippen LogP contribution in [0.3, 0.4) is 0 Å². The average Bonchev–Trinajstić information content (AvgIpc) is 3.16.